The monoisotopic (exact) mass is 516 g/mol. The van der Waals surface area contributed by atoms with Crippen molar-refractivity contribution in [3.8, 4) is 11.8 Å². The van der Waals surface area contributed by atoms with E-state index >= 15 is 0 Å². The topological polar surface area (TPSA) is 82.3 Å². The Morgan fingerprint density at radius 3 is 2.22 bits per heavy atom. The van der Waals surface area contributed by atoms with Crippen LogP contribution in [0.3, 0.4) is 0 Å². The number of rotatable bonds is 10. The second-order valence-electron chi connectivity index (χ2n) is 10.9. The zero-order chi connectivity index (χ0) is 27.4. The normalized spacial score (nSPS) is 20.0. The van der Waals surface area contributed by atoms with E-state index in [1.807, 2.05) is 39.8 Å². The molecule has 0 aromatic heterocycles. The Kier molecular flexibility index (Phi) is 8.59. The lowest BCUT2D eigenvalue weighted by atomic mass is 9.49. The van der Waals surface area contributed by atoms with Gasteiger partial charge in [-0.3, -0.25) is 4.79 Å². The molecule has 0 saturated heterocycles. The lowest BCUT2D eigenvalue weighted by Gasteiger charge is -2.63. The van der Waals surface area contributed by atoms with Crippen molar-refractivity contribution in [1.82, 2.24) is 5.32 Å². The largest absolute Gasteiger partial charge is 0.489 e. The molecule has 0 bridgehead atoms. The summed E-state index contributed by atoms with van der Waals surface area (Å²) in [5, 5.41) is 21.0. The van der Waals surface area contributed by atoms with E-state index in [4.69, 9.17) is 15.1 Å². The van der Waals surface area contributed by atoms with Crippen molar-refractivity contribution in [2.45, 2.75) is 78.1 Å². The molecule has 0 aliphatic heterocycles. The van der Waals surface area contributed by atoms with E-state index in [1.54, 1.807) is 18.2 Å². The Morgan fingerprint density at radius 2 is 1.65 bits per heavy atom. The standard InChI is InChI=1S/C29H35F3N2O3/c1-27(2)25(34-24(36)20-12-10-19(11-13-20)9-7-5-6-8-16-35)28(3,4)26(27)37-22-15-14-21(18-33)23(17-22)29(30,31)32/h10-15,17,25-26,35H,5-9,16H2,1-4H3,(H,34,36). The quantitative estimate of drug-likeness (QED) is 0.364. The third-order valence-corrected chi connectivity index (χ3v) is 7.38. The number of nitrogens with zero attached hydrogens (tertiary/aromatic N) is 1. The third kappa shape index (κ3) is 6.27. The summed E-state index contributed by atoms with van der Waals surface area (Å²) in [6, 6.07) is 12.2. The van der Waals surface area contributed by atoms with E-state index in [1.165, 1.54) is 6.07 Å². The van der Waals surface area contributed by atoms with Gasteiger partial charge in [0.25, 0.3) is 5.91 Å². The number of amides is 1. The summed E-state index contributed by atoms with van der Waals surface area (Å²) in [7, 11) is 0. The number of aryl methyl sites for hydroxylation is 1. The maximum Gasteiger partial charge on any atom is 0.417 e. The number of hydrogen-bond acceptors (Lipinski definition) is 4. The van der Waals surface area contributed by atoms with Gasteiger partial charge in [-0.25, -0.2) is 0 Å². The Morgan fingerprint density at radius 1 is 1.03 bits per heavy atom. The molecule has 2 aromatic rings. The van der Waals surface area contributed by atoms with Crippen LogP contribution >= 0.6 is 0 Å². The molecule has 1 aliphatic rings. The molecule has 1 saturated carbocycles. The first-order valence-corrected chi connectivity index (χ1v) is 12.6. The van der Waals surface area contributed by atoms with Crippen LogP contribution in [0.25, 0.3) is 0 Å². The number of ether oxygens (including phenoxy) is 1. The SMILES string of the molecule is CC1(C)C(NC(=O)c2ccc(CCCCCCO)cc2)C(C)(C)C1Oc1ccc(C#N)c(C(F)(F)F)c1. The highest BCUT2D eigenvalue weighted by Crippen LogP contribution is 2.55. The average Bonchev–Trinajstić information content (AvgIpc) is 2.85. The number of carbonyl (C=O) groups is 1. The summed E-state index contributed by atoms with van der Waals surface area (Å²) in [6.45, 7) is 7.90. The Bertz CT molecular complexity index is 1120. The predicted molar refractivity (Wildman–Crippen MR) is 135 cm³/mol. The van der Waals surface area contributed by atoms with Gasteiger partial charge in [-0.05, 0) is 55.2 Å². The number of nitrogens with one attached hydrogen (secondary N) is 1. The molecule has 200 valence electrons. The zero-order valence-electron chi connectivity index (χ0n) is 21.8. The van der Waals surface area contributed by atoms with Crippen LogP contribution in [0.5, 0.6) is 5.75 Å². The maximum atomic E-state index is 13.4. The molecule has 5 nitrogen and oxygen atoms in total. The summed E-state index contributed by atoms with van der Waals surface area (Å²) in [5.41, 5.74) is -0.897. The number of carbonyl (C=O) groups excluding carboxylic acids is 1. The van der Waals surface area contributed by atoms with Crippen LogP contribution in [0.1, 0.15) is 80.4 Å². The molecule has 0 heterocycles. The molecule has 0 unspecified atom stereocenters. The smallest absolute Gasteiger partial charge is 0.417 e. The fourth-order valence-corrected chi connectivity index (χ4v) is 5.70. The molecular formula is C29H35F3N2O3. The zero-order valence-corrected chi connectivity index (χ0v) is 21.8. The molecule has 37 heavy (non-hydrogen) atoms. The van der Waals surface area contributed by atoms with Gasteiger partial charge in [-0.1, -0.05) is 52.7 Å². The maximum absolute atomic E-state index is 13.4. The first-order valence-electron chi connectivity index (χ1n) is 12.6. The highest BCUT2D eigenvalue weighted by atomic mass is 19.4. The Balaban J connectivity index is 1.65. The minimum atomic E-state index is -4.67. The van der Waals surface area contributed by atoms with Crippen molar-refractivity contribution < 1.29 is 27.8 Å². The molecule has 3 rings (SSSR count). The summed E-state index contributed by atoms with van der Waals surface area (Å²) in [6.07, 6.45) is -0.308. The number of hydrogen-bond donors (Lipinski definition) is 2. The first kappa shape index (κ1) is 28.5. The number of aliphatic hydroxyl groups excluding tert-OH is 1. The number of alkyl halides is 3. The van der Waals surface area contributed by atoms with Crippen molar-refractivity contribution in [2.75, 3.05) is 6.61 Å². The van der Waals surface area contributed by atoms with Crippen LogP contribution in [-0.4, -0.2) is 29.8 Å². The fraction of sp³-hybridized carbons (Fsp3) is 0.517. The van der Waals surface area contributed by atoms with Crippen LogP contribution in [0.2, 0.25) is 0 Å². The van der Waals surface area contributed by atoms with Crippen molar-refractivity contribution in [2.24, 2.45) is 10.8 Å². The lowest BCUT2D eigenvalue weighted by Crippen LogP contribution is -2.74. The average molecular weight is 517 g/mol. The van der Waals surface area contributed by atoms with Crippen LogP contribution < -0.4 is 10.1 Å². The fourth-order valence-electron chi connectivity index (χ4n) is 5.70. The molecule has 1 amide bonds. The van der Waals surface area contributed by atoms with Gasteiger partial charge in [0.15, 0.2) is 0 Å². The van der Waals surface area contributed by atoms with Crippen LogP contribution in [-0.2, 0) is 12.6 Å². The Hall–Kier alpha value is -3.05. The first-order chi connectivity index (χ1) is 17.3. The minimum Gasteiger partial charge on any atom is -0.489 e. The number of benzene rings is 2. The van der Waals surface area contributed by atoms with E-state index < -0.39 is 34.2 Å². The molecule has 0 atom stereocenters. The highest BCUT2D eigenvalue weighted by Gasteiger charge is 2.64. The molecule has 2 aromatic carbocycles. The van der Waals surface area contributed by atoms with E-state index in [2.05, 4.69) is 5.32 Å². The second kappa shape index (κ2) is 11.1. The lowest BCUT2D eigenvalue weighted by molar-refractivity contribution is -0.164. The second-order valence-corrected chi connectivity index (χ2v) is 10.9. The molecule has 0 radical (unpaired) electrons. The van der Waals surface area contributed by atoms with Gasteiger partial charge < -0.3 is 15.2 Å². The summed E-state index contributed by atoms with van der Waals surface area (Å²) in [5.74, 6) is -0.175. The van der Waals surface area contributed by atoms with E-state index in [9.17, 15) is 18.0 Å². The summed E-state index contributed by atoms with van der Waals surface area (Å²) < 4.78 is 46.2. The van der Waals surface area contributed by atoms with Crippen molar-refractivity contribution in [3.63, 3.8) is 0 Å². The van der Waals surface area contributed by atoms with Gasteiger partial charge in [0.2, 0.25) is 0 Å². The van der Waals surface area contributed by atoms with Gasteiger partial charge in [0.05, 0.1) is 17.2 Å². The Labute approximate surface area is 216 Å². The minimum absolute atomic E-state index is 0.0363. The van der Waals surface area contributed by atoms with Crippen molar-refractivity contribution in [3.05, 3.63) is 64.7 Å². The van der Waals surface area contributed by atoms with Crippen LogP contribution in [0.15, 0.2) is 42.5 Å². The molecular weight excluding hydrogens is 481 g/mol. The molecule has 8 heteroatoms. The van der Waals surface area contributed by atoms with Crippen molar-refractivity contribution in [1.29, 1.82) is 5.26 Å². The van der Waals surface area contributed by atoms with E-state index in [0.29, 0.717) is 5.56 Å². The van der Waals surface area contributed by atoms with Gasteiger partial charge in [-0.2, -0.15) is 18.4 Å². The predicted octanol–water partition coefficient (Wildman–Crippen LogP) is 6.28. The third-order valence-electron chi connectivity index (χ3n) is 7.38. The van der Waals surface area contributed by atoms with Gasteiger partial charge in [-0.15, -0.1) is 0 Å². The van der Waals surface area contributed by atoms with Gasteiger partial charge in [0.1, 0.15) is 11.9 Å². The van der Waals surface area contributed by atoms with Crippen LogP contribution in [0.4, 0.5) is 13.2 Å². The molecule has 1 aliphatic carbocycles. The van der Waals surface area contributed by atoms with Crippen LogP contribution in [0, 0.1) is 22.2 Å². The van der Waals surface area contributed by atoms with Gasteiger partial charge >= 0.3 is 6.18 Å². The molecule has 2 N–H and O–H groups in total. The molecule has 0 spiro atoms. The van der Waals surface area contributed by atoms with Gasteiger partial charge in [0, 0.05) is 29.0 Å². The number of unbranched alkanes of at least 4 members (excludes halogenated alkanes) is 3. The number of halogens is 3. The van der Waals surface area contributed by atoms with Crippen molar-refractivity contribution >= 4 is 5.91 Å². The highest BCUT2D eigenvalue weighted by molar-refractivity contribution is 5.94. The number of aliphatic hydroxyl groups is 1. The summed E-state index contributed by atoms with van der Waals surface area (Å²) in [4.78, 5) is 13.0. The summed E-state index contributed by atoms with van der Waals surface area (Å²) >= 11 is 0. The molecule has 1 fully saturated rings. The van der Waals surface area contributed by atoms with E-state index in [-0.39, 0.29) is 24.3 Å². The number of nitriles is 1. The van der Waals surface area contributed by atoms with E-state index in [0.717, 1.165) is 49.8 Å².